The lowest BCUT2D eigenvalue weighted by atomic mass is 10.0. The highest BCUT2D eigenvalue weighted by Crippen LogP contribution is 2.30. The van der Waals surface area contributed by atoms with Crippen molar-refractivity contribution in [1.82, 2.24) is 4.90 Å². The first kappa shape index (κ1) is 15.0. The molecular weight excluding hydrogens is 226 g/mol. The Morgan fingerprint density at radius 2 is 2.00 bits per heavy atom. The van der Waals surface area contributed by atoms with Gasteiger partial charge >= 0.3 is 0 Å². The van der Waals surface area contributed by atoms with E-state index in [1.165, 1.54) is 0 Å². The average molecular weight is 251 g/mol. The molecule has 2 atom stereocenters. The van der Waals surface area contributed by atoms with E-state index in [1.807, 2.05) is 25.1 Å². The van der Waals surface area contributed by atoms with E-state index in [1.54, 1.807) is 7.11 Å². The Morgan fingerprint density at radius 3 is 2.50 bits per heavy atom. The van der Waals surface area contributed by atoms with Gasteiger partial charge in [-0.3, -0.25) is 4.90 Å². The fourth-order valence-corrected chi connectivity index (χ4v) is 2.49. The Hall–Kier alpha value is -1.06. The molecule has 0 spiro atoms. The lowest BCUT2D eigenvalue weighted by Gasteiger charge is -2.33. The number of likely N-dealkylation sites (N-methyl/N-ethyl adjacent to an activating group) is 1. The Bertz CT molecular complexity index is 379. The zero-order valence-corrected chi connectivity index (χ0v) is 12.1. The van der Waals surface area contributed by atoms with Crippen LogP contribution in [0.3, 0.4) is 0 Å². The van der Waals surface area contributed by atoms with Crippen LogP contribution in [0.2, 0.25) is 0 Å². The van der Waals surface area contributed by atoms with E-state index in [0.29, 0.717) is 18.4 Å². The van der Waals surface area contributed by atoms with Crippen LogP contribution in [-0.4, -0.2) is 36.3 Å². The average Bonchev–Trinajstić information content (AvgIpc) is 2.29. The normalized spacial score (nSPS) is 14.8. The van der Waals surface area contributed by atoms with E-state index in [9.17, 15) is 5.11 Å². The van der Waals surface area contributed by atoms with Gasteiger partial charge in [-0.25, -0.2) is 0 Å². The summed E-state index contributed by atoms with van der Waals surface area (Å²) in [4.78, 5) is 2.33. The Labute approximate surface area is 110 Å². The molecule has 0 aromatic heterocycles. The number of nitrogens with zero attached hydrogens (tertiary/aromatic N) is 1. The van der Waals surface area contributed by atoms with Crippen molar-refractivity contribution in [2.75, 3.05) is 20.3 Å². The van der Waals surface area contributed by atoms with Gasteiger partial charge < -0.3 is 9.84 Å². The monoisotopic (exact) mass is 251 g/mol. The molecule has 102 valence electrons. The topological polar surface area (TPSA) is 32.7 Å². The molecule has 18 heavy (non-hydrogen) atoms. The SMILES string of the molecule is CCN(C(C)COC)C(C)c1ccc(C)cc1O. The predicted molar refractivity (Wildman–Crippen MR) is 75.0 cm³/mol. The number of aryl methyl sites for hydroxylation is 1. The van der Waals surface area contributed by atoms with E-state index in [4.69, 9.17) is 4.74 Å². The number of rotatable bonds is 6. The minimum atomic E-state index is 0.181. The molecule has 1 N–H and O–H groups in total. The largest absolute Gasteiger partial charge is 0.508 e. The second-order valence-electron chi connectivity index (χ2n) is 4.87. The maximum atomic E-state index is 10.1. The van der Waals surface area contributed by atoms with Gasteiger partial charge in [0.15, 0.2) is 0 Å². The van der Waals surface area contributed by atoms with Crippen LogP contribution in [0.1, 0.15) is 37.9 Å². The molecule has 0 radical (unpaired) electrons. The van der Waals surface area contributed by atoms with E-state index >= 15 is 0 Å². The molecular formula is C15H25NO2. The predicted octanol–water partition coefficient (Wildman–Crippen LogP) is 3.12. The quantitative estimate of drug-likeness (QED) is 0.843. The molecule has 3 heteroatoms. The summed E-state index contributed by atoms with van der Waals surface area (Å²) in [5.74, 6) is 0.380. The Morgan fingerprint density at radius 1 is 1.33 bits per heavy atom. The van der Waals surface area contributed by atoms with Crippen LogP contribution in [0.5, 0.6) is 5.75 Å². The van der Waals surface area contributed by atoms with Crippen molar-refractivity contribution >= 4 is 0 Å². The van der Waals surface area contributed by atoms with E-state index in [0.717, 1.165) is 17.7 Å². The molecule has 0 amide bonds. The van der Waals surface area contributed by atoms with Gasteiger partial charge in [0.2, 0.25) is 0 Å². The highest BCUT2D eigenvalue weighted by Gasteiger charge is 2.21. The number of hydrogen-bond donors (Lipinski definition) is 1. The van der Waals surface area contributed by atoms with Gasteiger partial charge in [-0.05, 0) is 38.9 Å². The van der Waals surface area contributed by atoms with Gasteiger partial charge in [0, 0.05) is 24.8 Å². The lowest BCUT2D eigenvalue weighted by molar-refractivity contribution is 0.0775. The van der Waals surface area contributed by atoms with E-state index in [-0.39, 0.29) is 6.04 Å². The fraction of sp³-hybridized carbons (Fsp3) is 0.600. The first-order valence-corrected chi connectivity index (χ1v) is 6.55. The van der Waals surface area contributed by atoms with Gasteiger partial charge in [-0.15, -0.1) is 0 Å². The zero-order valence-electron chi connectivity index (χ0n) is 12.1. The maximum absolute atomic E-state index is 10.1. The molecule has 1 rings (SSSR count). The third-order valence-electron chi connectivity index (χ3n) is 3.47. The van der Waals surface area contributed by atoms with Crippen LogP contribution < -0.4 is 0 Å². The highest BCUT2D eigenvalue weighted by atomic mass is 16.5. The molecule has 0 aliphatic carbocycles. The van der Waals surface area contributed by atoms with Crippen molar-refractivity contribution in [2.45, 2.75) is 39.8 Å². The molecule has 1 aromatic rings. The summed E-state index contributed by atoms with van der Waals surface area (Å²) in [5.41, 5.74) is 2.06. The van der Waals surface area contributed by atoms with Crippen LogP contribution in [0.25, 0.3) is 0 Å². The third kappa shape index (κ3) is 3.47. The van der Waals surface area contributed by atoms with Gasteiger partial charge in [0.05, 0.1) is 6.61 Å². The Kier molecular flexibility index (Phi) is 5.63. The lowest BCUT2D eigenvalue weighted by Crippen LogP contribution is -2.38. The number of methoxy groups -OCH3 is 1. The number of phenols is 1. The van der Waals surface area contributed by atoms with Crippen LogP contribution in [0.15, 0.2) is 18.2 Å². The second-order valence-corrected chi connectivity index (χ2v) is 4.87. The van der Waals surface area contributed by atoms with Crippen LogP contribution in [-0.2, 0) is 4.74 Å². The molecule has 0 saturated carbocycles. The van der Waals surface area contributed by atoms with Gasteiger partial charge in [0.25, 0.3) is 0 Å². The summed E-state index contributed by atoms with van der Waals surface area (Å²) in [7, 11) is 1.72. The zero-order chi connectivity index (χ0) is 13.7. The smallest absolute Gasteiger partial charge is 0.120 e. The van der Waals surface area contributed by atoms with Crippen molar-refractivity contribution in [3.63, 3.8) is 0 Å². The molecule has 3 nitrogen and oxygen atoms in total. The maximum Gasteiger partial charge on any atom is 0.120 e. The standard InChI is InChI=1S/C15H25NO2/c1-6-16(12(3)10-18-5)13(4)14-8-7-11(2)9-15(14)17/h7-9,12-13,17H,6,10H2,1-5H3. The summed E-state index contributed by atoms with van der Waals surface area (Å²) >= 11 is 0. The van der Waals surface area contributed by atoms with E-state index in [2.05, 4.69) is 25.7 Å². The van der Waals surface area contributed by atoms with Crippen molar-refractivity contribution in [3.05, 3.63) is 29.3 Å². The molecule has 1 aromatic carbocycles. The molecule has 0 aliphatic rings. The highest BCUT2D eigenvalue weighted by molar-refractivity contribution is 5.37. The fourth-order valence-electron chi connectivity index (χ4n) is 2.49. The summed E-state index contributed by atoms with van der Waals surface area (Å²) in [6, 6.07) is 6.38. The van der Waals surface area contributed by atoms with Crippen molar-refractivity contribution < 1.29 is 9.84 Å². The van der Waals surface area contributed by atoms with Crippen LogP contribution in [0.4, 0.5) is 0 Å². The van der Waals surface area contributed by atoms with Gasteiger partial charge in [-0.1, -0.05) is 19.1 Å². The number of aromatic hydroxyl groups is 1. The Balaban J connectivity index is 2.92. The first-order valence-electron chi connectivity index (χ1n) is 6.55. The molecule has 0 saturated heterocycles. The van der Waals surface area contributed by atoms with Crippen LogP contribution >= 0.6 is 0 Å². The summed E-state index contributed by atoms with van der Waals surface area (Å²) < 4.78 is 5.22. The van der Waals surface area contributed by atoms with Crippen molar-refractivity contribution in [1.29, 1.82) is 0 Å². The molecule has 0 aliphatic heterocycles. The first-order chi connectivity index (χ1) is 8.51. The van der Waals surface area contributed by atoms with Crippen molar-refractivity contribution in [2.24, 2.45) is 0 Å². The van der Waals surface area contributed by atoms with Gasteiger partial charge in [0.1, 0.15) is 5.75 Å². The number of ether oxygens (including phenoxy) is 1. The minimum Gasteiger partial charge on any atom is -0.508 e. The number of benzene rings is 1. The third-order valence-corrected chi connectivity index (χ3v) is 3.47. The molecule has 0 heterocycles. The summed E-state index contributed by atoms with van der Waals surface area (Å²) in [5, 5.41) is 10.1. The minimum absolute atomic E-state index is 0.181. The second kappa shape index (κ2) is 6.76. The van der Waals surface area contributed by atoms with Crippen molar-refractivity contribution in [3.8, 4) is 5.75 Å². The molecule has 0 bridgehead atoms. The van der Waals surface area contributed by atoms with Gasteiger partial charge in [-0.2, -0.15) is 0 Å². The number of hydrogen-bond acceptors (Lipinski definition) is 3. The van der Waals surface area contributed by atoms with E-state index < -0.39 is 0 Å². The molecule has 0 fully saturated rings. The summed E-state index contributed by atoms with van der Waals surface area (Å²) in [6.07, 6.45) is 0. The summed E-state index contributed by atoms with van der Waals surface area (Å²) in [6.45, 7) is 10.0. The molecule has 2 unspecified atom stereocenters. The van der Waals surface area contributed by atoms with Crippen LogP contribution in [0, 0.1) is 6.92 Å². The number of phenolic OH excluding ortho intramolecular Hbond substituents is 1.